The highest BCUT2D eigenvalue weighted by atomic mass is 16.5. The van der Waals surface area contributed by atoms with Gasteiger partial charge in [-0.05, 0) is 97.9 Å². The van der Waals surface area contributed by atoms with Crippen molar-refractivity contribution in [3.05, 3.63) is 65.7 Å². The molecule has 220 valence electrons. The average molecular weight is 561 g/mol. The summed E-state index contributed by atoms with van der Waals surface area (Å²) in [5.41, 5.74) is 3.95. The van der Waals surface area contributed by atoms with Crippen LogP contribution in [-0.2, 0) is 4.79 Å². The topological polar surface area (TPSA) is 88.1 Å². The molecule has 41 heavy (non-hydrogen) atoms. The smallest absolute Gasteiger partial charge is 0.303 e. The van der Waals surface area contributed by atoms with E-state index in [0.717, 1.165) is 74.4 Å². The van der Waals surface area contributed by atoms with Crippen LogP contribution in [0.5, 0.6) is 11.5 Å². The number of nitrogens with zero attached hydrogens (tertiary/aromatic N) is 1. The number of hydrogen-bond acceptors (Lipinski definition) is 5. The van der Waals surface area contributed by atoms with E-state index in [-0.39, 0.29) is 18.2 Å². The number of nitrogens with one attached hydrogen (secondary N) is 1. The number of piperidine rings is 1. The SMILES string of the molecule is C=C1CC(CNC(=O)c2ccc(OC)cc2N2CCC(COc3cccc(C(CC(=O)O)C4CC4)c3)CC2)[C@@H](C)C1. The first-order valence-corrected chi connectivity index (χ1v) is 15.1. The number of rotatable bonds is 12. The maximum Gasteiger partial charge on any atom is 0.303 e. The molecule has 0 bridgehead atoms. The zero-order valence-electron chi connectivity index (χ0n) is 24.4. The standard InChI is InChI=1S/C34H44N2O5/c1-22-15-23(2)27(16-22)20-35-34(39)30-10-9-28(40-3)18-32(30)36-13-11-24(12-14-36)21-41-29-6-4-5-26(17-29)31(19-33(37)38)25-7-8-25/h4-6,9-10,17-18,23-25,27,31H,1,7-8,11-16,19-21H2,2-3H3,(H,35,39)(H,37,38)/t23-,27?,31?/m0/s1. The zero-order chi connectivity index (χ0) is 28.9. The van der Waals surface area contributed by atoms with Crippen LogP contribution in [0.15, 0.2) is 54.6 Å². The molecule has 1 aliphatic heterocycles. The molecule has 7 nitrogen and oxygen atoms in total. The van der Waals surface area contributed by atoms with E-state index in [9.17, 15) is 14.7 Å². The minimum atomic E-state index is -0.744. The molecule has 0 spiro atoms. The number of benzene rings is 2. The molecule has 1 amide bonds. The number of methoxy groups -OCH3 is 1. The van der Waals surface area contributed by atoms with Crippen LogP contribution < -0.4 is 19.7 Å². The first kappa shape index (κ1) is 29.0. The Hall–Kier alpha value is -3.48. The van der Waals surface area contributed by atoms with E-state index in [2.05, 4.69) is 23.7 Å². The number of anilines is 1. The Balaban J connectivity index is 1.17. The molecule has 0 radical (unpaired) electrons. The number of amides is 1. The molecule has 2 unspecified atom stereocenters. The van der Waals surface area contributed by atoms with Crippen LogP contribution in [0.25, 0.3) is 0 Å². The molecule has 3 atom stereocenters. The summed E-state index contributed by atoms with van der Waals surface area (Å²) in [6.07, 6.45) is 6.34. The Morgan fingerprint density at radius 1 is 1.07 bits per heavy atom. The van der Waals surface area contributed by atoms with Gasteiger partial charge in [0, 0.05) is 25.7 Å². The van der Waals surface area contributed by atoms with Crippen LogP contribution in [0, 0.1) is 23.7 Å². The van der Waals surface area contributed by atoms with Crippen LogP contribution >= 0.6 is 0 Å². The fourth-order valence-electron chi connectivity index (χ4n) is 6.59. The van der Waals surface area contributed by atoms with E-state index in [1.807, 2.05) is 42.5 Å². The van der Waals surface area contributed by atoms with E-state index < -0.39 is 5.97 Å². The van der Waals surface area contributed by atoms with Crippen LogP contribution in [0.2, 0.25) is 0 Å². The predicted molar refractivity (Wildman–Crippen MR) is 161 cm³/mol. The van der Waals surface area contributed by atoms with Crippen molar-refractivity contribution in [3.63, 3.8) is 0 Å². The molecule has 2 aliphatic carbocycles. The number of carboxylic acids is 1. The highest BCUT2D eigenvalue weighted by Gasteiger charge is 2.34. The molecule has 2 N–H and O–H groups in total. The van der Waals surface area contributed by atoms with Crippen LogP contribution in [0.4, 0.5) is 5.69 Å². The van der Waals surface area contributed by atoms with Gasteiger partial charge in [-0.25, -0.2) is 0 Å². The lowest BCUT2D eigenvalue weighted by Gasteiger charge is -2.34. The Morgan fingerprint density at radius 3 is 2.51 bits per heavy atom. The maximum absolute atomic E-state index is 13.3. The number of hydrogen-bond donors (Lipinski definition) is 2. The molecule has 0 aromatic heterocycles. The quantitative estimate of drug-likeness (QED) is 0.297. The summed E-state index contributed by atoms with van der Waals surface area (Å²) in [5, 5.41) is 12.6. The van der Waals surface area contributed by atoms with Crippen molar-refractivity contribution in [1.29, 1.82) is 0 Å². The summed E-state index contributed by atoms with van der Waals surface area (Å²) in [4.78, 5) is 27.0. The summed E-state index contributed by atoms with van der Waals surface area (Å²) in [5.74, 6) is 2.72. The third-order valence-electron chi connectivity index (χ3n) is 9.25. The normalized spacial score (nSPS) is 21.9. The summed E-state index contributed by atoms with van der Waals surface area (Å²) in [6.45, 7) is 9.34. The monoisotopic (exact) mass is 560 g/mol. The Bertz CT molecular complexity index is 1250. The molecule has 2 saturated carbocycles. The number of aliphatic carboxylic acids is 1. The summed E-state index contributed by atoms with van der Waals surface area (Å²) in [7, 11) is 1.65. The van der Waals surface area contributed by atoms with E-state index in [0.29, 0.717) is 42.4 Å². The molecule has 3 aliphatic rings. The van der Waals surface area contributed by atoms with Gasteiger partial charge in [0.15, 0.2) is 0 Å². The van der Waals surface area contributed by atoms with Gasteiger partial charge < -0.3 is 24.8 Å². The third-order valence-corrected chi connectivity index (χ3v) is 9.25. The van der Waals surface area contributed by atoms with Crippen LogP contribution in [0.3, 0.4) is 0 Å². The zero-order valence-corrected chi connectivity index (χ0v) is 24.4. The van der Waals surface area contributed by atoms with Gasteiger partial charge in [0.2, 0.25) is 0 Å². The van der Waals surface area contributed by atoms with Crippen molar-refractivity contribution in [3.8, 4) is 11.5 Å². The van der Waals surface area contributed by atoms with Gasteiger partial charge in [0.1, 0.15) is 11.5 Å². The minimum Gasteiger partial charge on any atom is -0.497 e. The molecule has 1 heterocycles. The highest BCUT2D eigenvalue weighted by molar-refractivity contribution is 6.00. The van der Waals surface area contributed by atoms with Crippen molar-refractivity contribution >= 4 is 17.6 Å². The third kappa shape index (κ3) is 7.43. The summed E-state index contributed by atoms with van der Waals surface area (Å²) < 4.78 is 11.7. The number of ether oxygens (including phenoxy) is 2. The lowest BCUT2D eigenvalue weighted by molar-refractivity contribution is -0.137. The largest absolute Gasteiger partial charge is 0.497 e. The minimum absolute atomic E-state index is 0.0369. The van der Waals surface area contributed by atoms with Gasteiger partial charge >= 0.3 is 5.97 Å². The van der Waals surface area contributed by atoms with Gasteiger partial charge in [0.05, 0.1) is 31.4 Å². The average Bonchev–Trinajstić information content (AvgIpc) is 3.77. The van der Waals surface area contributed by atoms with Crippen molar-refractivity contribution < 1.29 is 24.2 Å². The highest BCUT2D eigenvalue weighted by Crippen LogP contribution is 2.45. The first-order chi connectivity index (χ1) is 19.8. The molecular weight excluding hydrogens is 516 g/mol. The van der Waals surface area contributed by atoms with Crippen molar-refractivity contribution in [2.45, 2.75) is 57.8 Å². The van der Waals surface area contributed by atoms with E-state index in [1.165, 1.54) is 5.57 Å². The fraction of sp³-hybridized carbons (Fsp3) is 0.529. The molecule has 3 fully saturated rings. The molecule has 7 heteroatoms. The molecule has 2 aromatic rings. The fourth-order valence-corrected chi connectivity index (χ4v) is 6.59. The van der Waals surface area contributed by atoms with Crippen molar-refractivity contribution in [2.75, 3.05) is 38.3 Å². The van der Waals surface area contributed by atoms with Gasteiger partial charge in [-0.15, -0.1) is 0 Å². The van der Waals surface area contributed by atoms with Crippen molar-refractivity contribution in [1.82, 2.24) is 5.32 Å². The second kappa shape index (κ2) is 13.0. The van der Waals surface area contributed by atoms with Crippen LogP contribution in [-0.4, -0.2) is 50.3 Å². The van der Waals surface area contributed by atoms with Gasteiger partial charge in [-0.3, -0.25) is 9.59 Å². The number of carboxylic acid groups (broad SMARTS) is 1. The van der Waals surface area contributed by atoms with E-state index in [1.54, 1.807) is 7.11 Å². The maximum atomic E-state index is 13.3. The molecule has 5 rings (SSSR count). The second-order valence-electron chi connectivity index (χ2n) is 12.3. The molecule has 2 aromatic carbocycles. The Kier molecular flexibility index (Phi) is 9.21. The lowest BCUT2D eigenvalue weighted by atomic mass is 9.91. The summed E-state index contributed by atoms with van der Waals surface area (Å²) >= 11 is 0. The first-order valence-electron chi connectivity index (χ1n) is 15.1. The van der Waals surface area contributed by atoms with E-state index in [4.69, 9.17) is 9.47 Å². The molecular formula is C34H44N2O5. The summed E-state index contributed by atoms with van der Waals surface area (Å²) in [6, 6.07) is 13.7. The van der Waals surface area contributed by atoms with Gasteiger partial charge in [-0.2, -0.15) is 0 Å². The van der Waals surface area contributed by atoms with Gasteiger partial charge in [0.25, 0.3) is 5.91 Å². The lowest BCUT2D eigenvalue weighted by Crippen LogP contribution is -2.37. The Labute approximate surface area is 243 Å². The van der Waals surface area contributed by atoms with E-state index >= 15 is 0 Å². The molecule has 1 saturated heterocycles. The van der Waals surface area contributed by atoms with Gasteiger partial charge in [-0.1, -0.05) is 31.2 Å². The number of allylic oxidation sites excluding steroid dienone is 1. The number of carbonyl (C=O) groups is 2. The predicted octanol–water partition coefficient (Wildman–Crippen LogP) is 6.29. The van der Waals surface area contributed by atoms with Crippen LogP contribution in [0.1, 0.15) is 73.7 Å². The van der Waals surface area contributed by atoms with Crippen molar-refractivity contribution in [2.24, 2.45) is 23.7 Å². The number of carbonyl (C=O) groups excluding carboxylic acids is 1. The second-order valence-corrected chi connectivity index (χ2v) is 12.3. The Morgan fingerprint density at radius 2 is 1.85 bits per heavy atom.